The zero-order valence-corrected chi connectivity index (χ0v) is 11.7. The second-order valence-electron chi connectivity index (χ2n) is 4.77. The number of rotatable bonds is 3. The van der Waals surface area contributed by atoms with Crippen molar-refractivity contribution in [2.24, 2.45) is 0 Å². The lowest BCUT2D eigenvalue weighted by atomic mass is 10.1. The summed E-state index contributed by atoms with van der Waals surface area (Å²) in [4.78, 5) is 28.1. The molecule has 104 valence electrons. The first-order valence-electron chi connectivity index (χ1n) is 6.48. The van der Waals surface area contributed by atoms with E-state index in [2.05, 4.69) is 10.3 Å². The predicted octanol–water partition coefficient (Wildman–Crippen LogP) is 2.30. The number of urea groups is 1. The number of carbonyl (C=O) groups excluding carboxylic acids is 2. The van der Waals surface area contributed by atoms with E-state index in [1.54, 1.807) is 6.92 Å². The number of aromatic nitrogens is 1. The number of amides is 3. The van der Waals surface area contributed by atoms with E-state index in [0.717, 1.165) is 16.5 Å². The van der Waals surface area contributed by atoms with Crippen molar-refractivity contribution in [2.45, 2.75) is 19.4 Å². The molecular weight excluding hydrogens is 278 g/mol. The van der Waals surface area contributed by atoms with Crippen LogP contribution in [0.4, 0.5) is 4.79 Å². The Morgan fingerprint density at radius 2 is 2.15 bits per heavy atom. The van der Waals surface area contributed by atoms with E-state index < -0.39 is 6.04 Å². The maximum atomic E-state index is 12.1. The van der Waals surface area contributed by atoms with Crippen LogP contribution in [-0.2, 0) is 11.2 Å². The Labute approximate surface area is 120 Å². The van der Waals surface area contributed by atoms with Crippen LogP contribution in [0.3, 0.4) is 0 Å². The van der Waals surface area contributed by atoms with Crippen molar-refractivity contribution in [1.29, 1.82) is 0 Å². The molecule has 2 aromatic rings. The lowest BCUT2D eigenvalue weighted by Crippen LogP contribution is -2.32. The highest BCUT2D eigenvalue weighted by Crippen LogP contribution is 2.26. The quantitative estimate of drug-likeness (QED) is 0.852. The molecule has 0 spiro atoms. The van der Waals surface area contributed by atoms with E-state index in [4.69, 9.17) is 11.6 Å². The van der Waals surface area contributed by atoms with Gasteiger partial charge in [-0.15, -0.1) is 0 Å². The highest BCUT2D eigenvalue weighted by Gasteiger charge is 2.37. The maximum absolute atomic E-state index is 12.1. The number of likely N-dealkylation sites (N-methyl/N-ethyl adjacent to an activating group) is 1. The van der Waals surface area contributed by atoms with Gasteiger partial charge in [0.1, 0.15) is 6.04 Å². The number of benzene rings is 1. The fourth-order valence-corrected chi connectivity index (χ4v) is 2.81. The van der Waals surface area contributed by atoms with E-state index in [1.165, 1.54) is 4.90 Å². The van der Waals surface area contributed by atoms with Crippen LogP contribution in [0.15, 0.2) is 24.4 Å². The Bertz CT molecular complexity index is 695. The van der Waals surface area contributed by atoms with Gasteiger partial charge in [0, 0.05) is 24.5 Å². The zero-order valence-electron chi connectivity index (χ0n) is 10.9. The van der Waals surface area contributed by atoms with Gasteiger partial charge in [-0.3, -0.25) is 9.69 Å². The number of aromatic amines is 1. The number of hydrogen-bond donors (Lipinski definition) is 2. The number of nitrogens with one attached hydrogen (secondary N) is 2. The van der Waals surface area contributed by atoms with Crippen molar-refractivity contribution >= 4 is 34.4 Å². The van der Waals surface area contributed by atoms with Crippen LogP contribution in [0.2, 0.25) is 5.02 Å². The van der Waals surface area contributed by atoms with Crippen molar-refractivity contribution in [3.63, 3.8) is 0 Å². The van der Waals surface area contributed by atoms with E-state index in [1.807, 2.05) is 24.4 Å². The fraction of sp³-hybridized carbons (Fsp3) is 0.286. The van der Waals surface area contributed by atoms with Gasteiger partial charge in [0.25, 0.3) is 5.91 Å². The van der Waals surface area contributed by atoms with Gasteiger partial charge >= 0.3 is 6.03 Å². The molecule has 0 saturated carbocycles. The predicted molar refractivity (Wildman–Crippen MR) is 76.7 cm³/mol. The van der Waals surface area contributed by atoms with Gasteiger partial charge in [-0.05, 0) is 18.6 Å². The lowest BCUT2D eigenvalue weighted by molar-refractivity contribution is -0.127. The van der Waals surface area contributed by atoms with Gasteiger partial charge in [0.05, 0.1) is 10.5 Å². The van der Waals surface area contributed by atoms with Gasteiger partial charge in [-0.2, -0.15) is 0 Å². The molecule has 1 saturated heterocycles. The average molecular weight is 292 g/mol. The minimum Gasteiger partial charge on any atom is -0.360 e. The third-order valence-corrected chi connectivity index (χ3v) is 3.91. The minimum absolute atomic E-state index is 0.172. The molecule has 1 atom stereocenters. The molecule has 0 aliphatic carbocycles. The lowest BCUT2D eigenvalue weighted by Gasteiger charge is -2.09. The smallest absolute Gasteiger partial charge is 0.324 e. The maximum Gasteiger partial charge on any atom is 0.324 e. The van der Waals surface area contributed by atoms with Crippen LogP contribution in [0.25, 0.3) is 10.9 Å². The van der Waals surface area contributed by atoms with Crippen LogP contribution in [0, 0.1) is 0 Å². The molecule has 3 amide bonds. The second-order valence-corrected chi connectivity index (χ2v) is 5.17. The number of fused-ring (bicyclic) bond motifs is 1. The fourth-order valence-electron chi connectivity index (χ4n) is 2.58. The summed E-state index contributed by atoms with van der Waals surface area (Å²) in [6.45, 7) is 2.17. The highest BCUT2D eigenvalue weighted by molar-refractivity contribution is 6.35. The Morgan fingerprint density at radius 3 is 2.85 bits per heavy atom. The summed E-state index contributed by atoms with van der Waals surface area (Å²) in [6.07, 6.45) is 2.30. The SMILES string of the molecule is CCN1C(=O)N[C@H](Cc2c[nH]c3c(Cl)cccc23)C1=O. The number of para-hydroxylation sites is 1. The van der Waals surface area contributed by atoms with Gasteiger partial charge in [-0.1, -0.05) is 23.7 Å². The first-order chi connectivity index (χ1) is 9.61. The Kier molecular flexibility index (Phi) is 3.14. The molecule has 6 heteroatoms. The van der Waals surface area contributed by atoms with Gasteiger partial charge < -0.3 is 10.3 Å². The third kappa shape index (κ3) is 1.94. The average Bonchev–Trinajstić information content (AvgIpc) is 2.94. The summed E-state index contributed by atoms with van der Waals surface area (Å²) in [7, 11) is 0. The topological polar surface area (TPSA) is 65.2 Å². The first kappa shape index (κ1) is 13.0. The summed E-state index contributed by atoms with van der Waals surface area (Å²) in [6, 6.07) is 4.81. The van der Waals surface area contributed by atoms with E-state index in [-0.39, 0.29) is 11.9 Å². The summed E-state index contributed by atoms with van der Waals surface area (Å²) >= 11 is 6.11. The van der Waals surface area contributed by atoms with Crippen LogP contribution in [0.5, 0.6) is 0 Å². The van der Waals surface area contributed by atoms with E-state index in [9.17, 15) is 9.59 Å². The second kappa shape index (κ2) is 4.83. The van der Waals surface area contributed by atoms with Crippen LogP contribution >= 0.6 is 11.6 Å². The van der Waals surface area contributed by atoms with E-state index in [0.29, 0.717) is 18.0 Å². The van der Waals surface area contributed by atoms with Crippen LogP contribution in [0.1, 0.15) is 12.5 Å². The molecule has 0 radical (unpaired) electrons. The molecule has 1 aliphatic heterocycles. The molecule has 0 bridgehead atoms. The minimum atomic E-state index is -0.500. The van der Waals surface area contributed by atoms with Gasteiger partial charge in [0.15, 0.2) is 0 Å². The molecule has 5 nitrogen and oxygen atoms in total. The van der Waals surface area contributed by atoms with Crippen molar-refractivity contribution < 1.29 is 9.59 Å². The highest BCUT2D eigenvalue weighted by atomic mass is 35.5. The molecule has 2 heterocycles. The first-order valence-corrected chi connectivity index (χ1v) is 6.86. The molecule has 0 unspecified atom stereocenters. The Hall–Kier alpha value is -2.01. The third-order valence-electron chi connectivity index (χ3n) is 3.60. The molecule has 20 heavy (non-hydrogen) atoms. The summed E-state index contributed by atoms with van der Waals surface area (Å²) in [5.74, 6) is -0.172. The zero-order chi connectivity index (χ0) is 14.3. The van der Waals surface area contributed by atoms with Crippen LogP contribution < -0.4 is 5.32 Å². The normalized spacial score (nSPS) is 18.9. The van der Waals surface area contributed by atoms with E-state index >= 15 is 0 Å². The number of carbonyl (C=O) groups is 2. The number of nitrogens with zero attached hydrogens (tertiary/aromatic N) is 1. The molecule has 1 aromatic carbocycles. The molecular formula is C14H14ClN3O2. The number of halogens is 1. The Balaban J connectivity index is 1.89. The van der Waals surface area contributed by atoms with Crippen molar-refractivity contribution in [2.75, 3.05) is 6.54 Å². The van der Waals surface area contributed by atoms with Crippen LogP contribution in [-0.4, -0.2) is 34.4 Å². The standard InChI is InChI=1S/C14H14ClN3O2/c1-2-18-13(19)11(17-14(18)20)6-8-7-16-12-9(8)4-3-5-10(12)15/h3-5,7,11,16H,2,6H2,1H3,(H,17,20)/t11-/m1/s1. The number of imide groups is 1. The van der Waals surface area contributed by atoms with Gasteiger partial charge in [-0.25, -0.2) is 4.79 Å². The molecule has 1 aromatic heterocycles. The summed E-state index contributed by atoms with van der Waals surface area (Å²) < 4.78 is 0. The number of H-pyrrole nitrogens is 1. The van der Waals surface area contributed by atoms with Crippen molar-refractivity contribution in [3.8, 4) is 0 Å². The van der Waals surface area contributed by atoms with Crippen molar-refractivity contribution in [3.05, 3.63) is 35.0 Å². The van der Waals surface area contributed by atoms with Crippen molar-refractivity contribution in [1.82, 2.24) is 15.2 Å². The monoisotopic (exact) mass is 291 g/mol. The summed E-state index contributed by atoms with van der Waals surface area (Å²) in [5, 5.41) is 4.34. The Morgan fingerprint density at radius 1 is 1.35 bits per heavy atom. The molecule has 1 aliphatic rings. The molecule has 1 fully saturated rings. The largest absolute Gasteiger partial charge is 0.360 e. The molecule has 3 rings (SSSR count). The number of hydrogen-bond acceptors (Lipinski definition) is 2. The summed E-state index contributed by atoms with van der Waals surface area (Å²) in [5.41, 5.74) is 1.83. The molecule has 2 N–H and O–H groups in total. The van der Waals surface area contributed by atoms with Gasteiger partial charge in [0.2, 0.25) is 0 Å².